The van der Waals surface area contributed by atoms with E-state index in [2.05, 4.69) is 55.5 Å². The number of aliphatic hydroxyl groups excluding tert-OH is 1. The van der Waals surface area contributed by atoms with E-state index >= 15 is 0 Å². The second-order valence-corrected chi connectivity index (χ2v) is 4.64. The zero-order valence-electron chi connectivity index (χ0n) is 10.9. The van der Waals surface area contributed by atoms with Gasteiger partial charge < -0.3 is 5.11 Å². The first kappa shape index (κ1) is 12.8. The Labute approximate surface area is 109 Å². The van der Waals surface area contributed by atoms with E-state index in [-0.39, 0.29) is 6.61 Å². The summed E-state index contributed by atoms with van der Waals surface area (Å²) >= 11 is 0. The Morgan fingerprint density at radius 3 is 1.61 bits per heavy atom. The lowest BCUT2D eigenvalue weighted by Crippen LogP contribution is -1.92. The summed E-state index contributed by atoms with van der Waals surface area (Å²) in [5.41, 5.74) is 5.25. The summed E-state index contributed by atoms with van der Waals surface area (Å²) < 4.78 is 0. The Morgan fingerprint density at radius 2 is 1.17 bits per heavy atom. The zero-order valence-corrected chi connectivity index (χ0v) is 10.9. The van der Waals surface area contributed by atoms with Gasteiger partial charge in [-0.1, -0.05) is 55.5 Å². The van der Waals surface area contributed by atoms with Crippen LogP contribution in [0.4, 0.5) is 0 Å². The summed E-state index contributed by atoms with van der Waals surface area (Å²) in [5, 5.41) is 8.87. The third-order valence-electron chi connectivity index (χ3n) is 3.26. The second-order valence-electron chi connectivity index (χ2n) is 4.64. The van der Waals surface area contributed by atoms with Crippen molar-refractivity contribution >= 4 is 0 Å². The van der Waals surface area contributed by atoms with Crippen LogP contribution in [0.1, 0.15) is 29.2 Å². The molecule has 0 fully saturated rings. The Kier molecular flexibility index (Phi) is 4.54. The molecule has 0 aliphatic carbocycles. The van der Waals surface area contributed by atoms with Crippen LogP contribution in [-0.4, -0.2) is 11.7 Å². The predicted octanol–water partition coefficient (Wildman–Crippen LogP) is 3.37. The van der Waals surface area contributed by atoms with Gasteiger partial charge in [0.1, 0.15) is 0 Å². The van der Waals surface area contributed by atoms with Gasteiger partial charge in [0, 0.05) is 6.61 Å². The summed E-state index contributed by atoms with van der Waals surface area (Å²) in [4.78, 5) is 0. The van der Waals surface area contributed by atoms with Crippen LogP contribution in [0.15, 0.2) is 48.5 Å². The summed E-state index contributed by atoms with van der Waals surface area (Å²) in [6, 6.07) is 17.3. The fourth-order valence-corrected chi connectivity index (χ4v) is 2.08. The van der Waals surface area contributed by atoms with E-state index in [1.165, 1.54) is 22.3 Å². The van der Waals surface area contributed by atoms with Crippen LogP contribution in [0.2, 0.25) is 0 Å². The van der Waals surface area contributed by atoms with Crippen LogP contribution in [0, 0.1) is 0 Å². The highest BCUT2D eigenvalue weighted by atomic mass is 16.2. The highest BCUT2D eigenvalue weighted by Gasteiger charge is 1.98. The molecule has 0 aromatic heterocycles. The lowest BCUT2D eigenvalue weighted by molar-refractivity contribution is 0.299. The number of hydrogen-bond acceptors (Lipinski definition) is 1. The number of aryl methyl sites for hydroxylation is 1. The second kappa shape index (κ2) is 6.36. The molecule has 18 heavy (non-hydrogen) atoms. The highest BCUT2D eigenvalue weighted by Crippen LogP contribution is 2.12. The van der Waals surface area contributed by atoms with E-state index in [0.717, 1.165) is 19.3 Å². The molecule has 0 unspecified atom stereocenters. The minimum absolute atomic E-state index is 0.220. The standard InChI is InChI=1S/C17H20O/c1-2-14-3-7-16(8-4-14)13-17-9-5-15(6-10-17)11-12-18/h3-10,18H,2,11-13H2,1H3. The van der Waals surface area contributed by atoms with E-state index in [1.54, 1.807) is 0 Å². The number of hydrogen-bond donors (Lipinski definition) is 1. The summed E-state index contributed by atoms with van der Waals surface area (Å²) in [6.07, 6.45) is 2.81. The Hall–Kier alpha value is -1.60. The van der Waals surface area contributed by atoms with Crippen molar-refractivity contribution in [3.8, 4) is 0 Å². The molecule has 1 nitrogen and oxygen atoms in total. The number of benzene rings is 2. The molecule has 0 saturated heterocycles. The molecule has 0 saturated carbocycles. The molecule has 2 aromatic rings. The summed E-state index contributed by atoms with van der Waals surface area (Å²) in [7, 11) is 0. The fraction of sp³-hybridized carbons (Fsp3) is 0.294. The number of aliphatic hydroxyl groups is 1. The molecule has 2 rings (SSSR count). The SMILES string of the molecule is CCc1ccc(Cc2ccc(CCO)cc2)cc1. The zero-order chi connectivity index (χ0) is 12.8. The monoisotopic (exact) mass is 240 g/mol. The molecule has 0 spiro atoms. The van der Waals surface area contributed by atoms with Gasteiger partial charge in [-0.25, -0.2) is 0 Å². The first-order valence-electron chi connectivity index (χ1n) is 6.58. The topological polar surface area (TPSA) is 20.2 Å². The van der Waals surface area contributed by atoms with Crippen LogP contribution >= 0.6 is 0 Å². The van der Waals surface area contributed by atoms with Gasteiger partial charge in [-0.3, -0.25) is 0 Å². The third kappa shape index (κ3) is 3.44. The molecule has 1 N–H and O–H groups in total. The molecular weight excluding hydrogens is 220 g/mol. The summed E-state index contributed by atoms with van der Waals surface area (Å²) in [6.45, 7) is 2.40. The first-order chi connectivity index (χ1) is 8.81. The molecule has 0 atom stereocenters. The molecule has 0 aliphatic heterocycles. The van der Waals surface area contributed by atoms with Crippen molar-refractivity contribution in [3.05, 3.63) is 70.8 Å². The first-order valence-corrected chi connectivity index (χ1v) is 6.58. The van der Waals surface area contributed by atoms with Crippen molar-refractivity contribution in [2.75, 3.05) is 6.61 Å². The normalized spacial score (nSPS) is 10.6. The maximum Gasteiger partial charge on any atom is 0.0471 e. The Morgan fingerprint density at radius 1 is 0.722 bits per heavy atom. The van der Waals surface area contributed by atoms with Crippen molar-refractivity contribution < 1.29 is 5.11 Å². The Bertz CT molecular complexity index is 468. The van der Waals surface area contributed by atoms with E-state index in [1.807, 2.05) is 0 Å². The lowest BCUT2D eigenvalue weighted by Gasteiger charge is -2.05. The van der Waals surface area contributed by atoms with Crippen LogP contribution < -0.4 is 0 Å². The van der Waals surface area contributed by atoms with Crippen molar-refractivity contribution in [3.63, 3.8) is 0 Å². The molecule has 0 amide bonds. The van der Waals surface area contributed by atoms with Crippen LogP contribution in [0.3, 0.4) is 0 Å². The van der Waals surface area contributed by atoms with Crippen molar-refractivity contribution in [1.82, 2.24) is 0 Å². The molecular formula is C17H20O. The minimum atomic E-state index is 0.220. The van der Waals surface area contributed by atoms with Crippen LogP contribution in [0.25, 0.3) is 0 Å². The highest BCUT2D eigenvalue weighted by molar-refractivity contribution is 5.30. The fourth-order valence-electron chi connectivity index (χ4n) is 2.08. The number of rotatable bonds is 5. The van der Waals surface area contributed by atoms with Gasteiger partial charge in [0.15, 0.2) is 0 Å². The van der Waals surface area contributed by atoms with Crippen molar-refractivity contribution in [2.24, 2.45) is 0 Å². The van der Waals surface area contributed by atoms with E-state index in [9.17, 15) is 0 Å². The van der Waals surface area contributed by atoms with Crippen molar-refractivity contribution in [1.29, 1.82) is 0 Å². The third-order valence-corrected chi connectivity index (χ3v) is 3.26. The maximum atomic E-state index is 8.87. The van der Waals surface area contributed by atoms with Gasteiger partial charge in [-0.2, -0.15) is 0 Å². The molecule has 0 radical (unpaired) electrons. The quantitative estimate of drug-likeness (QED) is 0.849. The van der Waals surface area contributed by atoms with Crippen LogP contribution in [-0.2, 0) is 19.3 Å². The molecule has 0 bridgehead atoms. The average Bonchev–Trinajstić information content (AvgIpc) is 2.42. The van der Waals surface area contributed by atoms with Gasteiger partial charge in [-0.05, 0) is 41.5 Å². The van der Waals surface area contributed by atoms with Gasteiger partial charge in [0.05, 0.1) is 0 Å². The molecule has 94 valence electrons. The molecule has 1 heteroatoms. The summed E-state index contributed by atoms with van der Waals surface area (Å²) in [5.74, 6) is 0. The van der Waals surface area contributed by atoms with Gasteiger partial charge in [0.2, 0.25) is 0 Å². The lowest BCUT2D eigenvalue weighted by atomic mass is 10.0. The van der Waals surface area contributed by atoms with Gasteiger partial charge >= 0.3 is 0 Å². The smallest absolute Gasteiger partial charge is 0.0471 e. The van der Waals surface area contributed by atoms with Gasteiger partial charge in [-0.15, -0.1) is 0 Å². The van der Waals surface area contributed by atoms with Crippen molar-refractivity contribution in [2.45, 2.75) is 26.2 Å². The average molecular weight is 240 g/mol. The van der Waals surface area contributed by atoms with E-state index < -0.39 is 0 Å². The van der Waals surface area contributed by atoms with Crippen LogP contribution in [0.5, 0.6) is 0 Å². The maximum absolute atomic E-state index is 8.87. The molecule has 0 heterocycles. The molecule has 0 aliphatic rings. The van der Waals surface area contributed by atoms with E-state index in [0.29, 0.717) is 0 Å². The molecule has 2 aromatic carbocycles. The Balaban J connectivity index is 2.03. The predicted molar refractivity (Wildman–Crippen MR) is 75.9 cm³/mol. The minimum Gasteiger partial charge on any atom is -0.396 e. The largest absolute Gasteiger partial charge is 0.396 e. The van der Waals surface area contributed by atoms with Gasteiger partial charge in [0.25, 0.3) is 0 Å². The van der Waals surface area contributed by atoms with E-state index in [4.69, 9.17) is 5.11 Å².